The van der Waals surface area contributed by atoms with Crippen LogP contribution in [0.3, 0.4) is 0 Å². The molecule has 2 aliphatic rings. The molecule has 1 saturated carbocycles. The van der Waals surface area contributed by atoms with Gasteiger partial charge in [-0.05, 0) is 0 Å². The summed E-state index contributed by atoms with van der Waals surface area (Å²) in [4.78, 5) is 0. The third-order valence-electron chi connectivity index (χ3n) is 3.68. The molecular formula is C13H26Cl2HfNSi. The van der Waals surface area contributed by atoms with E-state index in [1.807, 2.05) is 3.33 Å². The van der Waals surface area contributed by atoms with Crippen LogP contribution in [0.2, 0.25) is 13.1 Å². The van der Waals surface area contributed by atoms with Crippen molar-refractivity contribution in [2.45, 2.75) is 58.2 Å². The first-order chi connectivity index (χ1) is 7.66. The van der Waals surface area contributed by atoms with E-state index in [-0.39, 0.29) is 24.8 Å². The van der Waals surface area contributed by atoms with Gasteiger partial charge in [0, 0.05) is 0 Å². The zero-order chi connectivity index (χ0) is 11.5. The van der Waals surface area contributed by atoms with Crippen LogP contribution in [0.4, 0.5) is 0 Å². The molecule has 0 spiro atoms. The fourth-order valence-electron chi connectivity index (χ4n) is 2.77. The summed E-state index contributed by atoms with van der Waals surface area (Å²) in [7, 11) is 0. The molecule has 0 aromatic heterocycles. The normalized spacial score (nSPS) is 19.1. The van der Waals surface area contributed by atoms with Gasteiger partial charge in [0.05, 0.1) is 0 Å². The summed E-state index contributed by atoms with van der Waals surface area (Å²) in [5.74, 6) is -0.422. The minimum absolute atomic E-state index is 0. The van der Waals surface area contributed by atoms with Gasteiger partial charge in [-0.1, -0.05) is 0 Å². The minimum Gasteiger partial charge on any atom is -0.147 e. The molecule has 0 amide bonds. The molecule has 0 atom stereocenters. The molecule has 1 fully saturated rings. The van der Waals surface area contributed by atoms with Gasteiger partial charge in [-0.15, -0.1) is 24.8 Å². The molecule has 0 bridgehead atoms. The van der Waals surface area contributed by atoms with E-state index in [0.717, 1.165) is 6.04 Å². The van der Waals surface area contributed by atoms with E-state index in [2.05, 4.69) is 35.5 Å². The maximum atomic E-state index is 4.15. The van der Waals surface area contributed by atoms with E-state index in [9.17, 15) is 0 Å². The van der Waals surface area contributed by atoms with Crippen LogP contribution in [0.25, 0.3) is 0 Å². The standard InChI is InChI=1S/C6H7.C5H10N.C2H7Si.2ClH.Hf/c1-6-4-2-3-5-6;6-5-3-1-2-4-5;1-3-2;;;/h4-5H,2H2,1H3;5-6H,1-4H2;3H,1-2H3;2*1H;/q;-1;;;;+1. The molecule has 5 heteroatoms. The molecule has 0 radical (unpaired) electrons. The summed E-state index contributed by atoms with van der Waals surface area (Å²) in [5.41, 5.74) is 1.51. The van der Waals surface area contributed by atoms with Crippen molar-refractivity contribution < 1.29 is 20.9 Å². The number of rotatable bonds is 4. The first-order valence-corrected chi connectivity index (χ1v) is 19.4. The molecule has 0 aromatic rings. The van der Waals surface area contributed by atoms with Gasteiger partial charge >= 0.3 is 109 Å². The second-order valence-electron chi connectivity index (χ2n) is 5.52. The van der Waals surface area contributed by atoms with E-state index < -0.39 is 26.9 Å². The summed E-state index contributed by atoms with van der Waals surface area (Å²) < 4.78 is 6.02. The molecular weight excluding hydrogens is 448 g/mol. The molecule has 0 saturated heterocycles. The zero-order valence-corrected chi connectivity index (χ0v) is 18.0. The second kappa shape index (κ2) is 9.12. The van der Waals surface area contributed by atoms with Crippen molar-refractivity contribution in [3.63, 3.8) is 0 Å². The van der Waals surface area contributed by atoms with Crippen molar-refractivity contribution in [2.24, 2.45) is 0 Å². The van der Waals surface area contributed by atoms with Crippen molar-refractivity contribution in [2.75, 3.05) is 0 Å². The number of halogens is 2. The third-order valence-corrected chi connectivity index (χ3v) is 28.0. The molecule has 0 heterocycles. The maximum absolute atomic E-state index is 4.15. The Morgan fingerprint density at radius 3 is 2.28 bits per heavy atom. The van der Waals surface area contributed by atoms with Crippen molar-refractivity contribution in [1.82, 2.24) is 3.30 Å². The molecule has 2 aliphatic carbocycles. The molecule has 18 heavy (non-hydrogen) atoms. The van der Waals surface area contributed by atoms with Crippen LogP contribution in [0.15, 0.2) is 21.1 Å². The first-order valence-electron chi connectivity index (χ1n) is 6.68. The van der Waals surface area contributed by atoms with Gasteiger partial charge in [-0.25, -0.2) is 0 Å². The van der Waals surface area contributed by atoms with Gasteiger partial charge in [0.2, 0.25) is 0 Å². The summed E-state index contributed by atoms with van der Waals surface area (Å²) in [5, 5.41) is 0. The van der Waals surface area contributed by atoms with Crippen molar-refractivity contribution in [3.05, 3.63) is 21.1 Å². The van der Waals surface area contributed by atoms with Gasteiger partial charge in [0.25, 0.3) is 0 Å². The molecule has 1 nitrogen and oxygen atoms in total. The molecule has 0 aliphatic heterocycles. The summed E-state index contributed by atoms with van der Waals surface area (Å²) in [6.45, 7) is 7.39. The van der Waals surface area contributed by atoms with Crippen LogP contribution in [-0.4, -0.2) is 12.0 Å². The Hall–Kier alpha value is 1.11. The number of hydrogen-bond donors (Lipinski definition) is 1. The van der Waals surface area contributed by atoms with Crippen LogP contribution in [-0.2, 0) is 20.9 Å². The van der Waals surface area contributed by atoms with E-state index in [1.165, 1.54) is 37.7 Å². The van der Waals surface area contributed by atoms with Gasteiger partial charge < -0.3 is 0 Å². The Bertz CT molecular complexity index is 312. The Morgan fingerprint density at radius 1 is 1.22 bits per heavy atom. The van der Waals surface area contributed by atoms with Gasteiger partial charge in [-0.3, -0.25) is 0 Å². The molecule has 2 rings (SSSR count). The van der Waals surface area contributed by atoms with Crippen molar-refractivity contribution in [1.29, 1.82) is 0 Å². The maximum Gasteiger partial charge on any atom is -0.147 e. The monoisotopic (exact) mass is 474 g/mol. The Kier molecular flexibility index (Phi) is 9.68. The Balaban J connectivity index is 0.00000144. The van der Waals surface area contributed by atoms with E-state index in [0.29, 0.717) is 0 Å². The topological polar surface area (TPSA) is 12.0 Å². The summed E-state index contributed by atoms with van der Waals surface area (Å²) in [6.07, 6.45) is 12.1. The summed E-state index contributed by atoms with van der Waals surface area (Å²) in [6, 6.07) is 0.902. The number of hydrogen-bond acceptors (Lipinski definition) is 1. The van der Waals surface area contributed by atoms with Crippen molar-refractivity contribution in [3.8, 4) is 0 Å². The molecule has 105 valence electrons. The number of allylic oxidation sites excluding steroid dienone is 4. The Morgan fingerprint density at radius 2 is 1.83 bits per heavy atom. The van der Waals surface area contributed by atoms with Gasteiger partial charge in [0.1, 0.15) is 0 Å². The van der Waals surface area contributed by atoms with Crippen LogP contribution < -0.4 is 3.30 Å². The molecule has 1 N–H and O–H groups in total. The van der Waals surface area contributed by atoms with Gasteiger partial charge in [-0.2, -0.15) is 0 Å². The molecule has 0 aromatic carbocycles. The SMILES string of the molecule is CC1=CC[C]([Hf]([NH]C2CCCC2)[SiH](C)C)=C1.Cl.Cl. The smallest absolute Gasteiger partial charge is 0.147 e. The fraction of sp³-hybridized carbons (Fsp3) is 0.692. The van der Waals surface area contributed by atoms with Crippen LogP contribution in [0.5, 0.6) is 0 Å². The van der Waals surface area contributed by atoms with Crippen molar-refractivity contribution >= 4 is 30.8 Å². The quantitative estimate of drug-likeness (QED) is 0.606. The average molecular weight is 474 g/mol. The van der Waals surface area contributed by atoms with E-state index in [4.69, 9.17) is 0 Å². The molecule has 0 unspecified atom stereocenters. The van der Waals surface area contributed by atoms with Gasteiger partial charge in [0.15, 0.2) is 0 Å². The van der Waals surface area contributed by atoms with Crippen LogP contribution in [0, 0.1) is 0 Å². The number of nitrogens with one attached hydrogen (secondary N) is 1. The predicted molar refractivity (Wildman–Crippen MR) is 85.2 cm³/mol. The minimum atomic E-state index is -1.55. The fourth-order valence-corrected chi connectivity index (χ4v) is 24.8. The van der Waals surface area contributed by atoms with E-state index in [1.54, 1.807) is 0 Å². The van der Waals surface area contributed by atoms with Crippen LogP contribution in [0.1, 0.15) is 39.0 Å². The zero-order valence-electron chi connectivity index (χ0n) is 11.7. The summed E-state index contributed by atoms with van der Waals surface area (Å²) >= 11 is -1.55. The largest absolute Gasteiger partial charge is 0.147 e. The first kappa shape index (κ1) is 19.1. The average Bonchev–Trinajstić information content (AvgIpc) is 2.84. The third kappa shape index (κ3) is 5.24. The Labute approximate surface area is 133 Å². The van der Waals surface area contributed by atoms with E-state index >= 15 is 0 Å². The second-order valence-corrected chi connectivity index (χ2v) is 31.3. The van der Waals surface area contributed by atoms with Crippen LogP contribution >= 0.6 is 24.8 Å². The predicted octanol–water partition coefficient (Wildman–Crippen LogP) is 4.11.